The lowest BCUT2D eigenvalue weighted by Gasteiger charge is -2.29. The lowest BCUT2D eigenvalue weighted by molar-refractivity contribution is 0.413. The Morgan fingerprint density at radius 3 is 2.11 bits per heavy atom. The summed E-state index contributed by atoms with van der Waals surface area (Å²) < 4.78 is 13.4. The van der Waals surface area contributed by atoms with Crippen molar-refractivity contribution in [2.45, 2.75) is 12.1 Å². The summed E-state index contributed by atoms with van der Waals surface area (Å²) in [6, 6.07) is 31.1. The molecule has 2 aromatic carbocycles. The first-order valence-corrected chi connectivity index (χ1v) is 12.6. The fourth-order valence-electron chi connectivity index (χ4n) is 4.73. The second-order valence-electron chi connectivity index (χ2n) is 8.76. The fraction of sp³-hybridized carbons (Fsp3) is 0.100. The van der Waals surface area contributed by atoms with E-state index in [4.69, 9.17) is 21.7 Å². The molecule has 0 saturated carbocycles. The van der Waals surface area contributed by atoms with Gasteiger partial charge in [0.1, 0.15) is 29.1 Å². The molecule has 1 saturated heterocycles. The number of hydrogen-bond donors (Lipinski definition) is 1. The molecule has 38 heavy (non-hydrogen) atoms. The Morgan fingerprint density at radius 2 is 1.45 bits per heavy atom. The maximum atomic E-state index is 6.04. The molecule has 1 aliphatic heterocycles. The largest absolute Gasteiger partial charge is 0.497 e. The van der Waals surface area contributed by atoms with E-state index in [1.165, 1.54) is 0 Å². The molecule has 2 atom stereocenters. The molecule has 1 N–H and O–H groups in total. The zero-order chi connectivity index (χ0) is 25.9. The first-order valence-electron chi connectivity index (χ1n) is 12.2. The topological polar surface area (TPSA) is 64.4 Å². The van der Waals surface area contributed by atoms with Gasteiger partial charge in [-0.3, -0.25) is 4.98 Å². The van der Waals surface area contributed by atoms with Crippen LogP contribution in [0.1, 0.15) is 23.5 Å². The number of methoxy groups -OCH3 is 1. The minimum absolute atomic E-state index is 0.156. The number of aromatic nitrogens is 3. The van der Waals surface area contributed by atoms with Crippen LogP contribution in [0.5, 0.6) is 17.2 Å². The van der Waals surface area contributed by atoms with Gasteiger partial charge in [0.15, 0.2) is 5.11 Å². The normalized spacial score (nSPS) is 16.8. The van der Waals surface area contributed by atoms with Crippen molar-refractivity contribution in [3.8, 4) is 23.1 Å². The van der Waals surface area contributed by atoms with Crippen molar-refractivity contribution >= 4 is 23.0 Å². The lowest BCUT2D eigenvalue weighted by Crippen LogP contribution is -2.30. The van der Waals surface area contributed by atoms with Crippen LogP contribution in [-0.2, 0) is 0 Å². The number of hydrogen-bond acceptors (Lipinski definition) is 5. The molecule has 188 valence electrons. The summed E-state index contributed by atoms with van der Waals surface area (Å²) in [4.78, 5) is 11.4. The number of anilines is 1. The van der Waals surface area contributed by atoms with Crippen molar-refractivity contribution in [2.75, 3.05) is 12.0 Å². The van der Waals surface area contributed by atoms with Crippen molar-refractivity contribution in [3.63, 3.8) is 0 Å². The van der Waals surface area contributed by atoms with E-state index in [0.717, 1.165) is 40.1 Å². The van der Waals surface area contributed by atoms with Gasteiger partial charge in [0, 0.05) is 30.0 Å². The van der Waals surface area contributed by atoms with Gasteiger partial charge < -0.3 is 24.3 Å². The zero-order valence-corrected chi connectivity index (χ0v) is 21.5. The van der Waals surface area contributed by atoms with E-state index in [1.54, 1.807) is 13.3 Å². The van der Waals surface area contributed by atoms with E-state index < -0.39 is 0 Å². The third kappa shape index (κ3) is 4.57. The fourth-order valence-corrected chi connectivity index (χ4v) is 5.07. The quantitative estimate of drug-likeness (QED) is 0.255. The van der Waals surface area contributed by atoms with E-state index in [2.05, 4.69) is 30.8 Å². The molecule has 1 aliphatic rings. The molecule has 4 heterocycles. The highest BCUT2D eigenvalue weighted by Gasteiger charge is 2.42. The average Bonchev–Trinajstić information content (AvgIpc) is 3.59. The van der Waals surface area contributed by atoms with Crippen LogP contribution < -0.4 is 19.7 Å². The van der Waals surface area contributed by atoms with Gasteiger partial charge >= 0.3 is 0 Å². The van der Waals surface area contributed by atoms with Gasteiger partial charge in [-0.2, -0.15) is 0 Å². The van der Waals surface area contributed by atoms with Gasteiger partial charge in [-0.15, -0.1) is 0 Å². The molecule has 1 fully saturated rings. The van der Waals surface area contributed by atoms with E-state index >= 15 is 0 Å². The van der Waals surface area contributed by atoms with Crippen LogP contribution in [0, 0.1) is 0 Å². The third-order valence-electron chi connectivity index (χ3n) is 6.49. The Bertz CT molecular complexity index is 1520. The van der Waals surface area contributed by atoms with Crippen molar-refractivity contribution in [1.82, 2.24) is 19.9 Å². The molecule has 0 aliphatic carbocycles. The van der Waals surface area contributed by atoms with Crippen LogP contribution in [0.2, 0.25) is 0 Å². The molecular weight excluding hydrogens is 494 g/mol. The Balaban J connectivity index is 1.36. The maximum absolute atomic E-state index is 6.04. The van der Waals surface area contributed by atoms with Crippen molar-refractivity contribution < 1.29 is 9.47 Å². The number of thiocarbonyl (C=S) groups is 1. The minimum atomic E-state index is -0.164. The summed E-state index contributed by atoms with van der Waals surface area (Å²) >= 11 is 5.89. The van der Waals surface area contributed by atoms with Crippen LogP contribution in [0.4, 0.5) is 5.69 Å². The molecule has 8 heteroatoms. The highest BCUT2D eigenvalue weighted by atomic mass is 32.1. The van der Waals surface area contributed by atoms with Crippen LogP contribution in [0.3, 0.4) is 0 Å². The zero-order valence-electron chi connectivity index (χ0n) is 20.6. The van der Waals surface area contributed by atoms with E-state index in [0.29, 0.717) is 5.11 Å². The van der Waals surface area contributed by atoms with Crippen molar-refractivity contribution in [3.05, 3.63) is 127 Å². The molecule has 0 bridgehead atoms. The SMILES string of the molecule is COc1ccc(Oc2ccc(N3C(=S)NC(c4ccccn4)C3c3cccn3-c3ccccn3)cc2)cc1. The molecule has 5 aromatic rings. The van der Waals surface area contributed by atoms with E-state index in [9.17, 15) is 0 Å². The number of pyridine rings is 2. The summed E-state index contributed by atoms with van der Waals surface area (Å²) in [5, 5.41) is 4.15. The van der Waals surface area contributed by atoms with Crippen molar-refractivity contribution in [2.24, 2.45) is 0 Å². The summed E-state index contributed by atoms with van der Waals surface area (Å²) in [5.41, 5.74) is 2.91. The number of nitrogens with one attached hydrogen (secondary N) is 1. The highest BCUT2D eigenvalue weighted by molar-refractivity contribution is 7.80. The van der Waals surface area contributed by atoms with Gasteiger partial charge in [-0.05, 0) is 97.1 Å². The van der Waals surface area contributed by atoms with Crippen LogP contribution in [0.15, 0.2) is 116 Å². The summed E-state index contributed by atoms with van der Waals surface area (Å²) in [6.07, 6.45) is 5.63. The predicted octanol–water partition coefficient (Wildman–Crippen LogP) is 6.25. The Hall–Kier alpha value is -4.69. The van der Waals surface area contributed by atoms with Crippen LogP contribution in [0.25, 0.3) is 5.82 Å². The van der Waals surface area contributed by atoms with E-state index in [-0.39, 0.29) is 12.1 Å². The van der Waals surface area contributed by atoms with Gasteiger partial charge in [0.25, 0.3) is 0 Å². The van der Waals surface area contributed by atoms with Gasteiger partial charge in [-0.25, -0.2) is 4.98 Å². The first kappa shape index (κ1) is 23.7. The highest BCUT2D eigenvalue weighted by Crippen LogP contribution is 2.42. The Kier molecular flexibility index (Phi) is 6.46. The van der Waals surface area contributed by atoms with Gasteiger partial charge in [0.2, 0.25) is 0 Å². The summed E-state index contributed by atoms with van der Waals surface area (Å²) in [7, 11) is 1.64. The molecule has 3 aromatic heterocycles. The maximum Gasteiger partial charge on any atom is 0.174 e. The summed E-state index contributed by atoms with van der Waals surface area (Å²) in [5.74, 6) is 3.09. The second kappa shape index (κ2) is 10.4. The monoisotopic (exact) mass is 519 g/mol. The van der Waals surface area contributed by atoms with E-state index in [1.807, 2.05) is 103 Å². The molecule has 2 unspecified atom stereocenters. The average molecular weight is 520 g/mol. The smallest absolute Gasteiger partial charge is 0.174 e. The molecular formula is C30H25N5O2S. The standard InChI is InChI=1S/C30H25N5O2S/c1-36-22-14-16-24(17-15-22)37-23-12-10-21(11-13-23)35-29(28(33-30(35)38)25-7-2-4-18-31-25)26-8-6-20-34(26)27-9-3-5-19-32-27/h2-20,28-29H,1H3,(H,33,38). The molecule has 7 nitrogen and oxygen atoms in total. The Labute approximate surface area is 226 Å². The van der Waals surface area contributed by atoms with Crippen LogP contribution in [-0.4, -0.2) is 26.8 Å². The first-order chi connectivity index (χ1) is 18.7. The second-order valence-corrected chi connectivity index (χ2v) is 9.15. The Morgan fingerprint density at radius 1 is 0.763 bits per heavy atom. The third-order valence-corrected chi connectivity index (χ3v) is 6.80. The lowest BCUT2D eigenvalue weighted by atomic mass is 10.0. The summed E-state index contributed by atoms with van der Waals surface area (Å²) in [6.45, 7) is 0. The van der Waals surface area contributed by atoms with Gasteiger partial charge in [0.05, 0.1) is 18.8 Å². The number of benzene rings is 2. The molecule has 0 radical (unpaired) electrons. The van der Waals surface area contributed by atoms with Crippen LogP contribution >= 0.6 is 12.2 Å². The van der Waals surface area contributed by atoms with Gasteiger partial charge in [-0.1, -0.05) is 12.1 Å². The molecule has 0 spiro atoms. The predicted molar refractivity (Wildman–Crippen MR) is 151 cm³/mol. The molecule has 6 rings (SSSR count). The number of rotatable bonds is 7. The minimum Gasteiger partial charge on any atom is -0.497 e. The number of ether oxygens (including phenoxy) is 2. The molecule has 0 amide bonds. The number of nitrogens with zero attached hydrogens (tertiary/aromatic N) is 4. The van der Waals surface area contributed by atoms with Crippen molar-refractivity contribution in [1.29, 1.82) is 0 Å².